The fourth-order valence-electron chi connectivity index (χ4n) is 4.42. The van der Waals surface area contributed by atoms with E-state index in [1.807, 2.05) is 6.92 Å². The Hall–Kier alpha value is -3.06. The van der Waals surface area contributed by atoms with Gasteiger partial charge in [0.15, 0.2) is 0 Å². The predicted octanol–water partition coefficient (Wildman–Crippen LogP) is 4.33. The number of fused-ring (bicyclic) bond motifs is 1. The third kappa shape index (κ3) is 4.66. The fraction of sp³-hybridized carbons (Fsp3) is 0.375. The molecule has 4 rings (SSSR count). The number of nitrogens with one attached hydrogen (secondary N) is 1. The minimum Gasteiger partial charge on any atom is -0.490 e. The van der Waals surface area contributed by atoms with E-state index in [9.17, 15) is 9.18 Å². The van der Waals surface area contributed by atoms with Gasteiger partial charge in [0.25, 0.3) is 0 Å². The highest BCUT2D eigenvalue weighted by Gasteiger charge is 2.38. The first kappa shape index (κ1) is 21.2. The first-order chi connectivity index (χ1) is 14.9. The number of pyridine rings is 2. The molecule has 3 aromatic rings. The van der Waals surface area contributed by atoms with Gasteiger partial charge in [-0.2, -0.15) is 0 Å². The summed E-state index contributed by atoms with van der Waals surface area (Å²) in [5, 5.41) is 12.6. The maximum Gasteiger partial charge on any atom is 0.228 e. The van der Waals surface area contributed by atoms with Gasteiger partial charge in [-0.15, -0.1) is 0 Å². The van der Waals surface area contributed by atoms with Crippen LogP contribution in [0, 0.1) is 23.6 Å². The molecule has 1 fully saturated rings. The number of amides is 1. The van der Waals surface area contributed by atoms with Gasteiger partial charge in [-0.25, -0.2) is 9.37 Å². The minimum atomic E-state index is -0.325. The molecule has 6 nitrogen and oxygen atoms in total. The molecule has 1 aliphatic rings. The van der Waals surface area contributed by atoms with Crippen molar-refractivity contribution in [3.8, 4) is 5.75 Å². The average molecular weight is 423 g/mol. The van der Waals surface area contributed by atoms with E-state index in [0.717, 1.165) is 12.8 Å². The van der Waals surface area contributed by atoms with Crippen molar-refractivity contribution < 1.29 is 19.0 Å². The Kier molecular flexibility index (Phi) is 6.13. The molecule has 0 aliphatic heterocycles. The molecule has 0 bridgehead atoms. The molecule has 7 heteroatoms. The van der Waals surface area contributed by atoms with Gasteiger partial charge < -0.3 is 15.2 Å². The van der Waals surface area contributed by atoms with E-state index in [-0.39, 0.29) is 36.3 Å². The van der Waals surface area contributed by atoms with Gasteiger partial charge >= 0.3 is 0 Å². The van der Waals surface area contributed by atoms with Crippen LogP contribution >= 0.6 is 0 Å². The molecule has 2 heterocycles. The Balaban J connectivity index is 1.42. The molecule has 0 radical (unpaired) electrons. The summed E-state index contributed by atoms with van der Waals surface area (Å²) in [5.41, 5.74) is 1.38. The van der Waals surface area contributed by atoms with Crippen molar-refractivity contribution in [2.75, 3.05) is 5.32 Å². The SMILES string of the molecule is CC1CC(Oc2ccnc3ccc(F)cc23)CC1C(C)C(=O)Nc1ccc(CO)cn1. The molecule has 1 saturated carbocycles. The van der Waals surface area contributed by atoms with Gasteiger partial charge in [0.1, 0.15) is 17.4 Å². The van der Waals surface area contributed by atoms with E-state index >= 15 is 0 Å². The molecule has 31 heavy (non-hydrogen) atoms. The van der Waals surface area contributed by atoms with Crippen LogP contribution in [0.4, 0.5) is 10.2 Å². The highest BCUT2D eigenvalue weighted by molar-refractivity contribution is 5.91. The van der Waals surface area contributed by atoms with Crippen LogP contribution in [0.5, 0.6) is 5.75 Å². The number of halogens is 1. The summed E-state index contributed by atoms with van der Waals surface area (Å²) in [6.07, 6.45) is 4.73. The van der Waals surface area contributed by atoms with Crippen molar-refractivity contribution in [2.24, 2.45) is 17.8 Å². The third-order valence-electron chi connectivity index (χ3n) is 6.17. The number of nitrogens with zero attached hydrogens (tertiary/aromatic N) is 2. The van der Waals surface area contributed by atoms with E-state index in [1.54, 1.807) is 36.7 Å². The van der Waals surface area contributed by atoms with E-state index in [1.165, 1.54) is 12.1 Å². The minimum absolute atomic E-state index is 0.0499. The lowest BCUT2D eigenvalue weighted by molar-refractivity contribution is -0.121. The third-order valence-corrected chi connectivity index (χ3v) is 6.17. The largest absolute Gasteiger partial charge is 0.490 e. The Labute approximate surface area is 180 Å². The number of hydrogen-bond acceptors (Lipinski definition) is 5. The standard InChI is InChI=1S/C24H26FN3O3/c1-14-9-18(31-22-7-8-26-21-5-4-17(25)10-20(21)22)11-19(14)15(2)24(30)28-23-6-3-16(13-29)12-27-23/h3-8,10,12,14-15,18-19,29H,9,11,13H2,1-2H3,(H,27,28,30). The highest BCUT2D eigenvalue weighted by Crippen LogP contribution is 2.40. The quantitative estimate of drug-likeness (QED) is 0.617. The molecule has 162 valence electrons. The number of rotatable bonds is 6. The topological polar surface area (TPSA) is 84.3 Å². The van der Waals surface area contributed by atoms with Crippen molar-refractivity contribution >= 4 is 22.6 Å². The lowest BCUT2D eigenvalue weighted by atomic mass is 9.85. The van der Waals surface area contributed by atoms with E-state index in [2.05, 4.69) is 22.2 Å². The summed E-state index contributed by atoms with van der Waals surface area (Å²) < 4.78 is 20.0. The van der Waals surface area contributed by atoms with E-state index in [0.29, 0.717) is 34.0 Å². The number of aliphatic hydroxyl groups excluding tert-OH is 1. The zero-order valence-corrected chi connectivity index (χ0v) is 17.6. The summed E-state index contributed by atoms with van der Waals surface area (Å²) in [6.45, 7) is 3.98. The van der Waals surface area contributed by atoms with Crippen molar-refractivity contribution in [2.45, 2.75) is 39.4 Å². The molecule has 2 N–H and O–H groups in total. The van der Waals surface area contributed by atoms with Gasteiger partial charge in [0.2, 0.25) is 5.91 Å². The molecule has 4 unspecified atom stereocenters. The van der Waals surface area contributed by atoms with Crippen LogP contribution in [0.15, 0.2) is 48.8 Å². The summed E-state index contributed by atoms with van der Waals surface area (Å²) in [7, 11) is 0. The number of aliphatic hydroxyl groups is 1. The van der Waals surface area contributed by atoms with Crippen molar-refractivity contribution in [3.05, 3.63) is 60.2 Å². The number of hydrogen-bond donors (Lipinski definition) is 2. The summed E-state index contributed by atoms with van der Waals surface area (Å²) >= 11 is 0. The first-order valence-electron chi connectivity index (χ1n) is 10.5. The number of carbonyl (C=O) groups excluding carboxylic acids is 1. The normalized spacial score (nSPS) is 21.7. The van der Waals surface area contributed by atoms with Crippen LogP contribution in [-0.2, 0) is 11.4 Å². The number of aromatic nitrogens is 2. The van der Waals surface area contributed by atoms with E-state index in [4.69, 9.17) is 9.84 Å². The van der Waals surface area contributed by atoms with Crippen LogP contribution in [0.3, 0.4) is 0 Å². The Bertz CT molecular complexity index is 1070. The molecule has 1 aliphatic carbocycles. The molecule has 1 aromatic carbocycles. The smallest absolute Gasteiger partial charge is 0.228 e. The van der Waals surface area contributed by atoms with Gasteiger partial charge in [-0.3, -0.25) is 9.78 Å². The maximum absolute atomic E-state index is 13.7. The van der Waals surface area contributed by atoms with Crippen molar-refractivity contribution in [1.29, 1.82) is 0 Å². The van der Waals surface area contributed by atoms with Crippen molar-refractivity contribution in [1.82, 2.24) is 9.97 Å². The molecule has 1 amide bonds. The van der Waals surface area contributed by atoms with Gasteiger partial charge in [0.05, 0.1) is 18.2 Å². The Morgan fingerprint density at radius 1 is 1.26 bits per heavy atom. The Morgan fingerprint density at radius 3 is 2.84 bits per heavy atom. The zero-order chi connectivity index (χ0) is 22.0. The number of ether oxygens (including phenoxy) is 1. The molecular formula is C24H26FN3O3. The number of carbonyl (C=O) groups is 1. The van der Waals surface area contributed by atoms with Crippen LogP contribution in [0.2, 0.25) is 0 Å². The summed E-state index contributed by atoms with van der Waals surface area (Å²) in [6, 6.07) is 9.66. The van der Waals surface area contributed by atoms with Gasteiger partial charge in [0, 0.05) is 23.7 Å². The highest BCUT2D eigenvalue weighted by atomic mass is 19.1. The summed E-state index contributed by atoms with van der Waals surface area (Å²) in [4.78, 5) is 21.2. The fourth-order valence-corrected chi connectivity index (χ4v) is 4.42. The van der Waals surface area contributed by atoms with Crippen LogP contribution in [-0.4, -0.2) is 27.1 Å². The van der Waals surface area contributed by atoms with Crippen LogP contribution in [0.25, 0.3) is 10.9 Å². The van der Waals surface area contributed by atoms with E-state index < -0.39 is 0 Å². The number of benzene rings is 1. The van der Waals surface area contributed by atoms with Gasteiger partial charge in [-0.1, -0.05) is 19.9 Å². The molecule has 0 spiro atoms. The monoisotopic (exact) mass is 423 g/mol. The lowest BCUT2D eigenvalue weighted by Crippen LogP contribution is -2.29. The molecular weight excluding hydrogens is 397 g/mol. The predicted molar refractivity (Wildman–Crippen MR) is 116 cm³/mol. The van der Waals surface area contributed by atoms with Crippen LogP contribution in [0.1, 0.15) is 32.3 Å². The first-order valence-corrected chi connectivity index (χ1v) is 10.5. The molecule has 2 aromatic heterocycles. The summed E-state index contributed by atoms with van der Waals surface area (Å²) in [5.74, 6) is 0.930. The lowest BCUT2D eigenvalue weighted by Gasteiger charge is -2.22. The second-order valence-corrected chi connectivity index (χ2v) is 8.31. The molecule has 4 atom stereocenters. The maximum atomic E-state index is 13.7. The zero-order valence-electron chi connectivity index (χ0n) is 17.6. The number of anilines is 1. The average Bonchev–Trinajstić information content (AvgIpc) is 3.14. The Morgan fingerprint density at radius 2 is 2.10 bits per heavy atom. The molecule has 0 saturated heterocycles. The van der Waals surface area contributed by atoms with Crippen LogP contribution < -0.4 is 10.1 Å². The second-order valence-electron chi connectivity index (χ2n) is 8.31. The van der Waals surface area contributed by atoms with Crippen molar-refractivity contribution in [3.63, 3.8) is 0 Å². The second kappa shape index (κ2) is 8.98. The van der Waals surface area contributed by atoms with Gasteiger partial charge in [-0.05, 0) is 60.6 Å².